The SMILES string of the molecule is CC(C)c1ccc2c(c1)CC(O)C1[C@@](C)(C=O)CCC[C@]21C. The highest BCUT2D eigenvalue weighted by atomic mass is 16.3. The van der Waals surface area contributed by atoms with E-state index in [0.29, 0.717) is 12.3 Å². The highest BCUT2D eigenvalue weighted by Gasteiger charge is 2.55. The van der Waals surface area contributed by atoms with Crippen molar-refractivity contribution in [2.24, 2.45) is 11.3 Å². The van der Waals surface area contributed by atoms with Crippen molar-refractivity contribution in [3.05, 3.63) is 34.9 Å². The summed E-state index contributed by atoms with van der Waals surface area (Å²) >= 11 is 0. The van der Waals surface area contributed by atoms with Crippen LogP contribution in [0.15, 0.2) is 18.2 Å². The molecule has 1 aromatic rings. The van der Waals surface area contributed by atoms with E-state index >= 15 is 0 Å². The summed E-state index contributed by atoms with van der Waals surface area (Å²) in [7, 11) is 0. The molecule has 2 unspecified atom stereocenters. The topological polar surface area (TPSA) is 37.3 Å². The van der Waals surface area contributed by atoms with Gasteiger partial charge in [-0.1, -0.05) is 52.3 Å². The van der Waals surface area contributed by atoms with Gasteiger partial charge >= 0.3 is 0 Å². The van der Waals surface area contributed by atoms with Crippen LogP contribution in [0.1, 0.15) is 69.6 Å². The second kappa shape index (κ2) is 5.19. The smallest absolute Gasteiger partial charge is 0.126 e. The minimum absolute atomic E-state index is 0.0312. The van der Waals surface area contributed by atoms with Gasteiger partial charge in [0.05, 0.1) is 6.10 Å². The molecule has 0 aromatic heterocycles. The van der Waals surface area contributed by atoms with E-state index in [9.17, 15) is 9.90 Å². The Hall–Kier alpha value is -1.15. The molecule has 1 fully saturated rings. The van der Waals surface area contributed by atoms with E-state index in [1.54, 1.807) is 0 Å². The van der Waals surface area contributed by atoms with Crippen LogP contribution in [0.25, 0.3) is 0 Å². The Labute approximate surface area is 133 Å². The number of rotatable bonds is 2. The van der Waals surface area contributed by atoms with Gasteiger partial charge < -0.3 is 9.90 Å². The van der Waals surface area contributed by atoms with Gasteiger partial charge in [-0.05, 0) is 47.3 Å². The number of aliphatic hydroxyl groups is 1. The number of aliphatic hydroxyl groups excluding tert-OH is 1. The van der Waals surface area contributed by atoms with Crippen molar-refractivity contribution in [3.63, 3.8) is 0 Å². The lowest BCUT2D eigenvalue weighted by molar-refractivity contribution is -0.130. The normalized spacial score (nSPS) is 37.5. The molecule has 4 atom stereocenters. The molecule has 0 saturated heterocycles. The van der Waals surface area contributed by atoms with Crippen molar-refractivity contribution in [1.29, 1.82) is 0 Å². The van der Waals surface area contributed by atoms with Crippen LogP contribution < -0.4 is 0 Å². The van der Waals surface area contributed by atoms with Crippen LogP contribution >= 0.6 is 0 Å². The van der Waals surface area contributed by atoms with E-state index in [1.807, 2.05) is 6.92 Å². The average molecular weight is 300 g/mol. The molecule has 1 aromatic carbocycles. The predicted molar refractivity (Wildman–Crippen MR) is 89.1 cm³/mol. The first-order valence-corrected chi connectivity index (χ1v) is 8.59. The monoisotopic (exact) mass is 300 g/mol. The minimum atomic E-state index is -0.421. The molecular weight excluding hydrogens is 272 g/mol. The Bertz CT molecular complexity index is 591. The molecule has 1 N–H and O–H groups in total. The highest BCUT2D eigenvalue weighted by molar-refractivity contribution is 5.61. The summed E-state index contributed by atoms with van der Waals surface area (Å²) in [4.78, 5) is 11.8. The highest BCUT2D eigenvalue weighted by Crippen LogP contribution is 2.56. The molecule has 0 spiro atoms. The molecule has 120 valence electrons. The number of aldehydes is 1. The molecule has 3 rings (SSSR count). The summed E-state index contributed by atoms with van der Waals surface area (Å²) < 4.78 is 0. The van der Waals surface area contributed by atoms with Gasteiger partial charge in [0.1, 0.15) is 6.29 Å². The molecule has 0 aliphatic heterocycles. The van der Waals surface area contributed by atoms with E-state index < -0.39 is 11.5 Å². The molecule has 1 saturated carbocycles. The van der Waals surface area contributed by atoms with Gasteiger partial charge in [-0.25, -0.2) is 0 Å². The van der Waals surface area contributed by atoms with Gasteiger partial charge in [0.25, 0.3) is 0 Å². The fraction of sp³-hybridized carbons (Fsp3) is 0.650. The van der Waals surface area contributed by atoms with Gasteiger partial charge in [-0.3, -0.25) is 0 Å². The first-order valence-electron chi connectivity index (χ1n) is 8.59. The van der Waals surface area contributed by atoms with Crippen LogP contribution in [0.5, 0.6) is 0 Å². The van der Waals surface area contributed by atoms with Crippen molar-refractivity contribution >= 4 is 6.29 Å². The maximum Gasteiger partial charge on any atom is 0.126 e. The van der Waals surface area contributed by atoms with Crippen molar-refractivity contribution in [2.45, 2.75) is 70.8 Å². The standard InChI is InChI=1S/C20H28O2/c1-13(2)14-6-7-16-15(10-14)11-17(22)18-19(3,12-21)8-5-9-20(16,18)4/h6-7,10,12-13,17-18,22H,5,8-9,11H2,1-4H3/t17?,18?,19-,20-/m1/s1. The van der Waals surface area contributed by atoms with Crippen LogP contribution in [-0.2, 0) is 16.6 Å². The number of hydrogen-bond donors (Lipinski definition) is 1. The number of benzene rings is 1. The summed E-state index contributed by atoms with van der Waals surface area (Å²) in [5.74, 6) is 0.531. The zero-order valence-electron chi connectivity index (χ0n) is 14.2. The van der Waals surface area contributed by atoms with E-state index in [2.05, 4.69) is 39.0 Å². The first-order chi connectivity index (χ1) is 10.3. The third kappa shape index (κ3) is 2.15. The molecule has 0 bridgehead atoms. The van der Waals surface area contributed by atoms with E-state index in [-0.39, 0.29) is 11.3 Å². The van der Waals surface area contributed by atoms with Crippen molar-refractivity contribution in [2.75, 3.05) is 0 Å². The van der Waals surface area contributed by atoms with Crippen LogP contribution in [0, 0.1) is 11.3 Å². The average Bonchev–Trinajstić information content (AvgIpc) is 2.46. The molecule has 0 amide bonds. The van der Waals surface area contributed by atoms with Crippen LogP contribution in [-0.4, -0.2) is 17.5 Å². The summed E-state index contributed by atoms with van der Waals surface area (Å²) in [5, 5.41) is 10.9. The Morgan fingerprint density at radius 3 is 2.64 bits per heavy atom. The van der Waals surface area contributed by atoms with E-state index in [0.717, 1.165) is 25.5 Å². The van der Waals surface area contributed by atoms with Gasteiger partial charge in [0.15, 0.2) is 0 Å². The lowest BCUT2D eigenvalue weighted by atomic mass is 9.49. The first kappa shape index (κ1) is 15.7. The third-order valence-electron chi connectivity index (χ3n) is 6.30. The number of hydrogen-bond acceptors (Lipinski definition) is 2. The van der Waals surface area contributed by atoms with Crippen LogP contribution in [0.2, 0.25) is 0 Å². The largest absolute Gasteiger partial charge is 0.392 e. The molecule has 0 radical (unpaired) electrons. The fourth-order valence-electron chi connectivity index (χ4n) is 5.22. The molecular formula is C20H28O2. The zero-order chi connectivity index (χ0) is 16.1. The van der Waals surface area contributed by atoms with Crippen molar-refractivity contribution in [3.8, 4) is 0 Å². The second-order valence-corrected chi connectivity index (χ2v) is 8.22. The molecule has 2 aliphatic carbocycles. The van der Waals surface area contributed by atoms with E-state index in [4.69, 9.17) is 0 Å². The lowest BCUT2D eigenvalue weighted by Crippen LogP contribution is -2.56. The summed E-state index contributed by atoms with van der Waals surface area (Å²) in [6.07, 6.45) is 4.38. The maximum absolute atomic E-state index is 11.8. The zero-order valence-corrected chi connectivity index (χ0v) is 14.2. The quantitative estimate of drug-likeness (QED) is 0.839. The van der Waals surface area contributed by atoms with Crippen molar-refractivity contribution in [1.82, 2.24) is 0 Å². The van der Waals surface area contributed by atoms with Crippen LogP contribution in [0.4, 0.5) is 0 Å². The number of carbonyl (C=O) groups is 1. The van der Waals surface area contributed by atoms with Crippen molar-refractivity contribution < 1.29 is 9.90 Å². The maximum atomic E-state index is 11.8. The Morgan fingerprint density at radius 1 is 1.27 bits per heavy atom. The third-order valence-corrected chi connectivity index (χ3v) is 6.30. The minimum Gasteiger partial charge on any atom is -0.392 e. The lowest BCUT2D eigenvalue weighted by Gasteiger charge is -2.55. The summed E-state index contributed by atoms with van der Waals surface area (Å²) in [6, 6.07) is 6.77. The second-order valence-electron chi connectivity index (χ2n) is 8.22. The Kier molecular flexibility index (Phi) is 3.71. The number of fused-ring (bicyclic) bond motifs is 3. The number of carbonyl (C=O) groups excluding carboxylic acids is 1. The van der Waals surface area contributed by atoms with Gasteiger partial charge in [0.2, 0.25) is 0 Å². The summed E-state index contributed by atoms with van der Waals surface area (Å²) in [5.41, 5.74) is 3.49. The summed E-state index contributed by atoms with van der Waals surface area (Å²) in [6.45, 7) is 8.71. The fourth-order valence-corrected chi connectivity index (χ4v) is 5.22. The molecule has 0 heterocycles. The Balaban J connectivity index is 2.13. The van der Waals surface area contributed by atoms with E-state index in [1.165, 1.54) is 16.7 Å². The molecule has 2 aliphatic rings. The van der Waals surface area contributed by atoms with Gasteiger partial charge in [-0.15, -0.1) is 0 Å². The van der Waals surface area contributed by atoms with Gasteiger partial charge in [0, 0.05) is 11.3 Å². The van der Waals surface area contributed by atoms with Crippen LogP contribution in [0.3, 0.4) is 0 Å². The molecule has 2 nitrogen and oxygen atoms in total. The Morgan fingerprint density at radius 2 is 2.00 bits per heavy atom. The predicted octanol–water partition coefficient (Wildman–Crippen LogP) is 3.99. The molecule has 22 heavy (non-hydrogen) atoms. The molecule has 2 heteroatoms. The van der Waals surface area contributed by atoms with Gasteiger partial charge in [-0.2, -0.15) is 0 Å².